The second kappa shape index (κ2) is 11.5. The minimum Gasteiger partial charge on any atom is -0.406 e. The average molecular weight is 578 g/mol. The van der Waals surface area contributed by atoms with Gasteiger partial charge in [0.05, 0.1) is 23.2 Å². The van der Waals surface area contributed by atoms with Crippen molar-refractivity contribution in [3.63, 3.8) is 0 Å². The van der Waals surface area contributed by atoms with Crippen molar-refractivity contribution in [2.45, 2.75) is 12.5 Å². The number of ether oxygens (including phenoxy) is 1. The Labute approximate surface area is 227 Å². The number of anilines is 1. The molecule has 0 amide bonds. The van der Waals surface area contributed by atoms with Crippen LogP contribution in [0.5, 0.6) is 5.75 Å². The van der Waals surface area contributed by atoms with E-state index in [1.807, 2.05) is 0 Å². The van der Waals surface area contributed by atoms with E-state index in [0.29, 0.717) is 22.6 Å². The molecule has 0 bridgehead atoms. The maximum absolute atomic E-state index is 12.8. The van der Waals surface area contributed by atoms with Gasteiger partial charge in [-0.1, -0.05) is 36.4 Å². The molecule has 0 atom stereocenters. The van der Waals surface area contributed by atoms with E-state index < -0.39 is 23.9 Å². The Kier molecular flexibility index (Phi) is 8.13. The molecule has 0 radical (unpaired) electrons. The normalized spacial score (nSPS) is 11.8. The first kappa shape index (κ1) is 28.2. The number of carbonyl (C=O) groups excluding carboxylic acids is 1. The molecule has 0 aliphatic rings. The Hall–Kier alpha value is -4.79. The molecule has 1 heterocycles. The molecule has 4 aromatic rings. The van der Waals surface area contributed by atoms with E-state index in [-0.39, 0.29) is 16.5 Å². The van der Waals surface area contributed by atoms with E-state index in [0.717, 1.165) is 18.2 Å². The van der Waals surface area contributed by atoms with Crippen LogP contribution in [0.25, 0.3) is 17.1 Å². The quantitative estimate of drug-likeness (QED) is 0.0928. The number of halogens is 6. The van der Waals surface area contributed by atoms with Gasteiger partial charge >= 0.3 is 12.5 Å². The lowest BCUT2D eigenvalue weighted by Gasteiger charge is -2.12. The number of carbonyl (C=O) groups is 1. The summed E-state index contributed by atoms with van der Waals surface area (Å²) in [6, 6.07) is 17.0. The van der Waals surface area contributed by atoms with Crippen molar-refractivity contribution in [3.05, 3.63) is 90.3 Å². The zero-order chi connectivity index (χ0) is 28.9. The number of aromatic nitrogens is 3. The van der Waals surface area contributed by atoms with Crippen LogP contribution in [0.15, 0.2) is 84.2 Å². The smallest absolute Gasteiger partial charge is 0.406 e. The summed E-state index contributed by atoms with van der Waals surface area (Å²) in [5.74, 6) is -2.01. The van der Waals surface area contributed by atoms with Crippen molar-refractivity contribution in [1.82, 2.24) is 20.2 Å². The van der Waals surface area contributed by atoms with Gasteiger partial charge in [-0.3, -0.25) is 10.2 Å². The standard InChI is InChI=1S/C25H16F6N6O2S/c26-24(27,28)21(38)19-3-1-2-4-20(19)34-23(40)35-33-13-15-5-7-16(8-6-15)22-32-14-37(36-22)17-9-11-18(12-10-17)39-25(29,30)31/h1-14H,(H2,34,35,40)/b33-13+. The maximum atomic E-state index is 12.8. The molecule has 0 spiro atoms. The second-order valence-electron chi connectivity index (χ2n) is 7.87. The van der Waals surface area contributed by atoms with Crippen LogP contribution in [-0.4, -0.2) is 44.4 Å². The number of Topliss-reactive ketones (excluding diaryl/α,β-unsaturated/α-hetero) is 1. The summed E-state index contributed by atoms with van der Waals surface area (Å²) in [6.07, 6.45) is -7.01. The molecule has 0 unspecified atom stereocenters. The number of alkyl halides is 6. The summed E-state index contributed by atoms with van der Waals surface area (Å²) in [6.45, 7) is 0. The zero-order valence-corrected chi connectivity index (χ0v) is 20.7. The highest BCUT2D eigenvalue weighted by Crippen LogP contribution is 2.26. The molecular formula is C25H16F6N6O2S. The number of rotatable bonds is 7. The summed E-state index contributed by atoms with van der Waals surface area (Å²) in [5.41, 5.74) is 3.50. The number of hydrogen-bond donors (Lipinski definition) is 2. The van der Waals surface area contributed by atoms with Gasteiger partial charge < -0.3 is 10.1 Å². The van der Waals surface area contributed by atoms with Gasteiger partial charge in [-0.25, -0.2) is 9.67 Å². The SMILES string of the molecule is O=C(c1ccccc1NC(=S)N/N=C/c1ccc(-c2ncn(-c3ccc(OC(F)(F)F)cc3)n2)cc1)C(F)(F)F. The van der Waals surface area contributed by atoms with Gasteiger partial charge in [0.2, 0.25) is 0 Å². The van der Waals surface area contributed by atoms with E-state index in [9.17, 15) is 31.1 Å². The highest BCUT2D eigenvalue weighted by atomic mass is 32.1. The van der Waals surface area contributed by atoms with Crippen LogP contribution in [0.3, 0.4) is 0 Å². The van der Waals surface area contributed by atoms with E-state index in [1.165, 1.54) is 47.6 Å². The van der Waals surface area contributed by atoms with Gasteiger partial charge in [-0.05, 0) is 54.2 Å². The molecule has 206 valence electrons. The van der Waals surface area contributed by atoms with Crippen LogP contribution in [0.2, 0.25) is 0 Å². The molecule has 1 aromatic heterocycles. The number of hydrazone groups is 1. The third kappa shape index (κ3) is 7.41. The highest BCUT2D eigenvalue weighted by Gasteiger charge is 2.40. The summed E-state index contributed by atoms with van der Waals surface area (Å²) in [5, 5.41) is 10.6. The van der Waals surface area contributed by atoms with Crippen molar-refractivity contribution in [2.75, 3.05) is 5.32 Å². The van der Waals surface area contributed by atoms with E-state index in [2.05, 4.69) is 30.7 Å². The second-order valence-corrected chi connectivity index (χ2v) is 8.28. The molecule has 0 aliphatic carbocycles. The number of nitrogens with zero attached hydrogens (tertiary/aromatic N) is 4. The highest BCUT2D eigenvalue weighted by molar-refractivity contribution is 7.80. The predicted molar refractivity (Wildman–Crippen MR) is 137 cm³/mol. The summed E-state index contributed by atoms with van der Waals surface area (Å²) < 4.78 is 80.7. The number of para-hydroxylation sites is 1. The Morgan fingerprint density at radius 2 is 1.62 bits per heavy atom. The van der Waals surface area contributed by atoms with Crippen LogP contribution in [0.4, 0.5) is 32.0 Å². The van der Waals surface area contributed by atoms with E-state index in [1.54, 1.807) is 24.3 Å². The number of hydrogen-bond acceptors (Lipinski definition) is 6. The van der Waals surface area contributed by atoms with E-state index >= 15 is 0 Å². The van der Waals surface area contributed by atoms with Crippen LogP contribution >= 0.6 is 12.2 Å². The minimum atomic E-state index is -5.04. The Balaban J connectivity index is 1.35. The van der Waals surface area contributed by atoms with Gasteiger partial charge in [0.1, 0.15) is 12.1 Å². The molecule has 3 aromatic carbocycles. The topological polar surface area (TPSA) is 93.4 Å². The molecular weight excluding hydrogens is 562 g/mol. The fourth-order valence-electron chi connectivity index (χ4n) is 3.30. The minimum absolute atomic E-state index is 0.126. The molecule has 0 saturated carbocycles. The van der Waals surface area contributed by atoms with Crippen molar-refractivity contribution < 1.29 is 35.9 Å². The van der Waals surface area contributed by atoms with E-state index in [4.69, 9.17) is 12.2 Å². The van der Waals surface area contributed by atoms with Crippen molar-refractivity contribution in [3.8, 4) is 22.8 Å². The summed E-state index contributed by atoms with van der Waals surface area (Å²) >= 11 is 5.04. The van der Waals surface area contributed by atoms with Crippen molar-refractivity contribution in [1.29, 1.82) is 0 Å². The number of ketones is 1. The molecule has 4 rings (SSSR count). The first-order valence-corrected chi connectivity index (χ1v) is 11.5. The van der Waals surface area contributed by atoms with Crippen LogP contribution < -0.4 is 15.5 Å². The lowest BCUT2D eigenvalue weighted by Crippen LogP contribution is -2.28. The molecule has 15 heteroatoms. The Morgan fingerprint density at radius 1 is 0.950 bits per heavy atom. The molecule has 8 nitrogen and oxygen atoms in total. The maximum Gasteiger partial charge on any atom is 0.573 e. The van der Waals surface area contributed by atoms with Crippen LogP contribution in [0, 0.1) is 0 Å². The third-order valence-corrected chi connectivity index (χ3v) is 5.25. The molecule has 2 N–H and O–H groups in total. The van der Waals surface area contributed by atoms with Crippen LogP contribution in [-0.2, 0) is 0 Å². The van der Waals surface area contributed by atoms with Gasteiger partial charge in [0, 0.05) is 5.56 Å². The third-order valence-electron chi connectivity index (χ3n) is 5.05. The first-order valence-electron chi connectivity index (χ1n) is 11.1. The monoisotopic (exact) mass is 578 g/mol. The number of nitrogens with one attached hydrogen (secondary N) is 2. The Morgan fingerprint density at radius 3 is 2.27 bits per heavy atom. The zero-order valence-electron chi connectivity index (χ0n) is 19.9. The van der Waals surface area contributed by atoms with Gasteiger partial charge in [0.15, 0.2) is 10.9 Å². The largest absolute Gasteiger partial charge is 0.573 e. The Bertz CT molecular complexity index is 1530. The fraction of sp³-hybridized carbons (Fsp3) is 0.0800. The van der Waals surface area contributed by atoms with Crippen molar-refractivity contribution in [2.24, 2.45) is 5.10 Å². The number of benzene rings is 3. The van der Waals surface area contributed by atoms with Gasteiger partial charge in [0.25, 0.3) is 5.78 Å². The van der Waals surface area contributed by atoms with Crippen molar-refractivity contribution >= 4 is 35.0 Å². The predicted octanol–water partition coefficient (Wildman–Crippen LogP) is 5.90. The summed E-state index contributed by atoms with van der Waals surface area (Å²) in [7, 11) is 0. The first-order chi connectivity index (χ1) is 18.9. The lowest BCUT2D eigenvalue weighted by molar-refractivity contribution is -0.274. The lowest BCUT2D eigenvalue weighted by atomic mass is 10.1. The molecule has 40 heavy (non-hydrogen) atoms. The molecule has 0 fully saturated rings. The molecule has 0 aliphatic heterocycles. The molecule has 0 saturated heterocycles. The van der Waals surface area contributed by atoms with Gasteiger partial charge in [-0.2, -0.15) is 18.3 Å². The number of thiocarbonyl (C=S) groups is 1. The van der Waals surface area contributed by atoms with Crippen LogP contribution in [0.1, 0.15) is 15.9 Å². The van der Waals surface area contributed by atoms with Gasteiger partial charge in [-0.15, -0.1) is 18.3 Å². The summed E-state index contributed by atoms with van der Waals surface area (Å²) in [4.78, 5) is 15.8. The average Bonchev–Trinajstić information content (AvgIpc) is 3.38. The fourth-order valence-corrected chi connectivity index (χ4v) is 3.46.